The summed E-state index contributed by atoms with van der Waals surface area (Å²) >= 11 is 10.6. The average Bonchev–Trinajstić information content (AvgIpc) is 4.13. The minimum atomic E-state index is -6.72. The van der Waals surface area contributed by atoms with Crippen molar-refractivity contribution in [3.05, 3.63) is 138 Å². The Labute approximate surface area is 400 Å². The molecule has 2 aromatic carbocycles. The van der Waals surface area contributed by atoms with Crippen LogP contribution in [0.25, 0.3) is 16.3 Å². The van der Waals surface area contributed by atoms with Crippen LogP contribution in [0.3, 0.4) is 0 Å². The van der Waals surface area contributed by atoms with Crippen molar-refractivity contribution in [2.45, 2.75) is 55.2 Å². The van der Waals surface area contributed by atoms with Gasteiger partial charge in [0.2, 0.25) is 0 Å². The summed E-state index contributed by atoms with van der Waals surface area (Å²) in [6.07, 6.45) is 15.5. The highest BCUT2D eigenvalue weighted by molar-refractivity contribution is 8.13. The zero-order chi connectivity index (χ0) is 52.4. The Morgan fingerprint density at radius 1 is 0.779 bits per heavy atom. The van der Waals surface area contributed by atoms with Crippen molar-refractivity contribution in [1.29, 1.82) is 5.26 Å². The number of halogens is 8. The molecule has 28 heteroatoms. The Morgan fingerprint density at radius 2 is 1.24 bits per heavy atom. The quantitative estimate of drug-likeness (QED) is 0.0602. The minimum Gasteiger partial charge on any atom is -0.421 e. The third-order valence-electron chi connectivity index (χ3n) is 7.25. The molecule has 0 aliphatic carbocycles. The van der Waals surface area contributed by atoms with Gasteiger partial charge < -0.3 is 54.1 Å². The maximum atomic E-state index is 11.4. The van der Waals surface area contributed by atoms with Crippen LogP contribution in [0.1, 0.15) is 29.2 Å². The van der Waals surface area contributed by atoms with Crippen LogP contribution in [0.4, 0.5) is 26.3 Å². The number of aliphatic hydroxyl groups is 6. The molecule has 4 aromatic rings. The minimum absolute atomic E-state index is 0.108. The third kappa shape index (κ3) is 29.7. The van der Waals surface area contributed by atoms with Crippen molar-refractivity contribution in [2.75, 3.05) is 38.9 Å². The molecule has 0 amide bonds. The number of imidazole rings is 2. The molecule has 382 valence electrons. The third-order valence-corrected chi connectivity index (χ3v) is 10.7. The van der Waals surface area contributed by atoms with Crippen LogP contribution in [0, 0.1) is 11.3 Å². The van der Waals surface area contributed by atoms with Gasteiger partial charge in [-0.3, -0.25) is 0 Å². The number of H-pyrrole nitrogens is 1. The number of hydrogen-bond acceptors (Lipinski definition) is 15. The number of alkyl halides is 8. The predicted octanol–water partition coefficient (Wildman–Crippen LogP) is 5.11. The van der Waals surface area contributed by atoms with E-state index in [1.165, 1.54) is 12.5 Å². The molecule has 5 rings (SSSR count). The van der Waals surface area contributed by atoms with E-state index in [9.17, 15) is 48.3 Å². The van der Waals surface area contributed by atoms with Gasteiger partial charge in [-0.25, -0.2) is 26.8 Å². The first-order valence-corrected chi connectivity index (χ1v) is 22.9. The molecule has 0 radical (unpaired) electrons. The fraction of sp³-hybridized carbons (Fsp3) is 0.375. The van der Waals surface area contributed by atoms with Gasteiger partial charge in [-0.15, -0.1) is 23.2 Å². The topological polar surface area (TPSA) is 281 Å². The van der Waals surface area contributed by atoms with Crippen LogP contribution in [0.15, 0.2) is 112 Å². The first-order valence-electron chi connectivity index (χ1n) is 19.0. The van der Waals surface area contributed by atoms with Gasteiger partial charge in [-0.05, 0) is 22.3 Å². The van der Waals surface area contributed by atoms with Gasteiger partial charge in [0, 0.05) is 63.1 Å². The Balaban J connectivity index is 0. The van der Waals surface area contributed by atoms with Crippen molar-refractivity contribution >= 4 is 55.4 Å². The molecule has 2 aromatic heterocycles. The number of benzene rings is 2. The zero-order valence-corrected chi connectivity index (χ0v) is 39.3. The highest BCUT2D eigenvalue weighted by atomic mass is 35.5. The molecule has 0 spiro atoms. The summed E-state index contributed by atoms with van der Waals surface area (Å²) in [4.78, 5) is 14.3. The number of aromatic amines is 1. The zero-order valence-electron chi connectivity index (χ0n) is 36.2. The van der Waals surface area contributed by atoms with E-state index >= 15 is 0 Å². The van der Waals surface area contributed by atoms with Crippen molar-refractivity contribution < 1.29 is 73.8 Å². The lowest BCUT2D eigenvalue weighted by molar-refractivity contribution is -0.0444. The largest absolute Gasteiger partial charge is 0.480 e. The first-order chi connectivity index (χ1) is 31.8. The number of nitrogens with zero attached hydrogens (tertiary/aromatic N) is 7. The van der Waals surface area contributed by atoms with Crippen molar-refractivity contribution in [3.63, 3.8) is 0 Å². The molecule has 3 heterocycles. The second-order valence-electron chi connectivity index (χ2n) is 12.8. The lowest BCUT2D eigenvalue weighted by atomic mass is 10.1. The van der Waals surface area contributed by atoms with E-state index in [4.69, 9.17) is 54.0 Å². The highest BCUT2D eigenvalue weighted by Crippen LogP contribution is 2.36. The molecule has 3 atom stereocenters. The SMILES string of the molecule is C=Cc1ccc(CCl)cc1.C=Cc1ccc(CN2C=CN(CC(O)CO)C2)cc1.CC#N.O=S(=O)([N-]S(=O)(=O)C(F)(F)F)C(F)(F)F.OCC(O)CCl.OCC(O)Cn1ccnc1.c1c[nH]cn1. The molecule has 0 fully saturated rings. The fourth-order valence-electron chi connectivity index (χ4n) is 3.98. The molecular formula is C40H53Cl2F6N8O10S2-. The van der Waals surface area contributed by atoms with E-state index in [-0.39, 0.29) is 25.7 Å². The van der Waals surface area contributed by atoms with E-state index in [1.807, 2.05) is 53.7 Å². The van der Waals surface area contributed by atoms with Gasteiger partial charge in [0.15, 0.2) is 20.0 Å². The van der Waals surface area contributed by atoms with Crippen molar-refractivity contribution in [3.8, 4) is 6.07 Å². The van der Waals surface area contributed by atoms with Gasteiger partial charge in [-0.1, -0.05) is 73.8 Å². The number of nitriles is 1. The standard InChI is InChI=1S/C15H20N2O2.C9H9Cl.C6H10N2O2.C3H7ClO2.C3H4N2.C2F6NO4S2.C2H3N/c1-2-13-3-5-14(6-4-13)9-16-7-8-17(12-16)10-15(19)11-18;1-2-8-3-5-9(7-10)6-4-8;9-4-6(10)3-8-2-1-7-5-8;4-1-3(6)2-5;1-2-5-3-4-1;3-1(4,5)14(10,11)9-15(12,13)2(6,7)8;1-2-3/h2-8,15,18-19H,1,9-12H2;2-6H,1,7H2;1-2,5-6,9-10H,3-4H2;3,5-6H,1-2H2;1-3H,(H,4,5);;1H3/q;;;;;-1;. The smallest absolute Gasteiger partial charge is 0.421 e. The summed E-state index contributed by atoms with van der Waals surface area (Å²) in [7, 11) is -13.4. The Bertz CT molecular complexity index is 2140. The molecule has 68 heavy (non-hydrogen) atoms. The van der Waals surface area contributed by atoms with Crippen molar-refractivity contribution in [1.82, 2.24) is 29.3 Å². The monoisotopic (exact) mass is 1050 g/mol. The van der Waals surface area contributed by atoms with Crippen LogP contribution in [-0.2, 0) is 39.0 Å². The molecule has 1 aliphatic heterocycles. The number of hydrogen-bond donors (Lipinski definition) is 7. The van der Waals surface area contributed by atoms with E-state index in [1.54, 1.807) is 48.1 Å². The molecule has 3 unspecified atom stereocenters. The van der Waals surface area contributed by atoms with Crippen LogP contribution in [0.2, 0.25) is 0 Å². The highest BCUT2D eigenvalue weighted by Gasteiger charge is 2.47. The summed E-state index contributed by atoms with van der Waals surface area (Å²) in [5.74, 6) is 0.688. The molecule has 1 aliphatic rings. The predicted molar refractivity (Wildman–Crippen MR) is 244 cm³/mol. The first kappa shape index (κ1) is 65.0. The molecule has 0 bridgehead atoms. The number of aromatic nitrogens is 4. The average molecular weight is 1050 g/mol. The molecule has 7 N–H and O–H groups in total. The maximum absolute atomic E-state index is 11.4. The van der Waals surface area contributed by atoms with Crippen LogP contribution in [-0.4, -0.2) is 145 Å². The van der Waals surface area contributed by atoms with E-state index in [2.05, 4.69) is 57.3 Å². The van der Waals surface area contributed by atoms with Gasteiger partial charge in [0.1, 0.15) is 0 Å². The van der Waals surface area contributed by atoms with Gasteiger partial charge in [0.05, 0.1) is 75.9 Å². The van der Waals surface area contributed by atoms with E-state index in [0.29, 0.717) is 19.0 Å². The number of nitrogens with one attached hydrogen (secondary N) is 1. The Kier molecular flexibility index (Phi) is 33.6. The summed E-state index contributed by atoms with van der Waals surface area (Å²) in [6, 6.07) is 18.1. The molecule has 0 saturated carbocycles. The Hall–Kier alpha value is -5.05. The van der Waals surface area contributed by atoms with Crippen LogP contribution >= 0.6 is 23.2 Å². The fourth-order valence-corrected chi connectivity index (χ4v) is 5.96. The van der Waals surface area contributed by atoms with Crippen LogP contribution in [0.5, 0.6) is 0 Å². The van der Waals surface area contributed by atoms with E-state index in [0.717, 1.165) is 34.0 Å². The van der Waals surface area contributed by atoms with Crippen LogP contribution < -0.4 is 0 Å². The number of β-amino-alcohol motifs (C(OH)–C–C–N with tert-alkyl or cyclic N) is 1. The molecule has 0 saturated heterocycles. The maximum Gasteiger partial charge on any atom is 0.480 e. The van der Waals surface area contributed by atoms with E-state index < -0.39 is 49.4 Å². The number of rotatable bonds is 15. The summed E-state index contributed by atoms with van der Waals surface area (Å²) in [5, 5.41) is 59.2. The molecular weight excluding hydrogens is 1000 g/mol. The van der Waals surface area contributed by atoms with Gasteiger partial charge >= 0.3 is 11.0 Å². The molecule has 18 nitrogen and oxygen atoms in total. The van der Waals surface area contributed by atoms with Gasteiger partial charge in [0.25, 0.3) is 0 Å². The summed E-state index contributed by atoms with van der Waals surface area (Å²) < 4.78 is 111. The van der Waals surface area contributed by atoms with Gasteiger partial charge in [-0.2, -0.15) is 31.6 Å². The lowest BCUT2D eigenvalue weighted by Crippen LogP contribution is -2.33. The second-order valence-corrected chi connectivity index (χ2v) is 16.8. The second kappa shape index (κ2) is 35.1. The van der Waals surface area contributed by atoms with Crippen molar-refractivity contribution in [2.24, 2.45) is 0 Å². The normalized spacial score (nSPS) is 13.1. The summed E-state index contributed by atoms with van der Waals surface area (Å²) in [5.41, 5.74) is -7.77. The Morgan fingerprint density at radius 3 is 1.56 bits per heavy atom. The summed E-state index contributed by atoms with van der Waals surface area (Å²) in [6.45, 7) is 10.6. The lowest BCUT2D eigenvalue weighted by Gasteiger charge is -2.22. The number of sulfonamides is 2. The number of aliphatic hydroxyl groups excluding tert-OH is 6.